The van der Waals surface area contributed by atoms with E-state index >= 15 is 0 Å². The van der Waals surface area contributed by atoms with E-state index in [2.05, 4.69) is 0 Å². The Hall–Kier alpha value is -1.72. The molecule has 1 aromatic heterocycles. The number of fused-ring (bicyclic) bond motifs is 4. The third kappa shape index (κ3) is 3.85. The van der Waals surface area contributed by atoms with Crippen molar-refractivity contribution in [2.75, 3.05) is 0 Å². The van der Waals surface area contributed by atoms with Crippen LogP contribution in [0.1, 0.15) is 78.9 Å². The van der Waals surface area contributed by atoms with E-state index in [0.29, 0.717) is 18.4 Å². The molecule has 4 fully saturated rings. The SMILES string of the molecule is CC(=O)O[C@H]1CC(=O)OC(C)(C)[C@@H]2CC(=O)[C@]3(C)[C@H](CC[C@@](C)([C@@H](O)c4ccoc4)[C@@]34O[C@@H]4C(=O)[O-])[C@@]12C.[Na+]. The summed E-state index contributed by atoms with van der Waals surface area (Å²) in [4.78, 5) is 51.8. The zero-order chi connectivity index (χ0) is 28.1. The maximum Gasteiger partial charge on any atom is 1.00 e. The van der Waals surface area contributed by atoms with Crippen LogP contribution in [0.2, 0.25) is 0 Å². The van der Waals surface area contributed by atoms with E-state index in [1.165, 1.54) is 19.5 Å². The van der Waals surface area contributed by atoms with Gasteiger partial charge in [-0.05, 0) is 45.6 Å². The molecule has 4 aliphatic rings. The maximum atomic E-state index is 14.3. The molecule has 1 spiro atoms. The van der Waals surface area contributed by atoms with E-state index in [-0.39, 0.29) is 48.2 Å². The molecule has 1 aromatic rings. The predicted octanol–water partition coefficient (Wildman–Crippen LogP) is -1.12. The van der Waals surface area contributed by atoms with Gasteiger partial charge >= 0.3 is 41.5 Å². The largest absolute Gasteiger partial charge is 1.00 e. The van der Waals surface area contributed by atoms with Gasteiger partial charge in [0, 0.05) is 35.7 Å². The van der Waals surface area contributed by atoms with Gasteiger partial charge in [-0.3, -0.25) is 14.4 Å². The second kappa shape index (κ2) is 9.41. The van der Waals surface area contributed by atoms with Crippen LogP contribution >= 0.6 is 0 Å². The van der Waals surface area contributed by atoms with Crippen molar-refractivity contribution >= 4 is 23.7 Å². The molecule has 2 saturated heterocycles. The van der Waals surface area contributed by atoms with Gasteiger partial charge in [-0.25, -0.2) is 0 Å². The smallest absolute Gasteiger partial charge is 0.547 e. The average molecular weight is 555 g/mol. The Kier molecular flexibility index (Phi) is 7.30. The standard InChI is InChI=1S/C28H36O10.Na/c1-14(29)36-19-12-20(31)37-24(2,3)17-11-18(30)27(6)16(26(17,19)5)7-9-25(4,21(32)15-8-10-35-13-15)28(27)22(38-28)23(33)34;/h8,10,13,16-17,19,21-22,32H,7,9,11-12H2,1-6H3,(H,33,34);/q;+1/p-1/t16-,17+,19+,21+,22-,25+,26-,27+,28-;/m1./s1. The van der Waals surface area contributed by atoms with Crippen LogP contribution in [0.5, 0.6) is 0 Å². The summed E-state index contributed by atoms with van der Waals surface area (Å²) in [6.07, 6.45) is -0.296. The van der Waals surface area contributed by atoms with Crippen LogP contribution in [0, 0.1) is 28.1 Å². The molecule has 39 heavy (non-hydrogen) atoms. The number of rotatable bonds is 4. The molecule has 208 valence electrons. The van der Waals surface area contributed by atoms with Gasteiger partial charge in [0.15, 0.2) is 0 Å². The van der Waals surface area contributed by atoms with Gasteiger partial charge in [0.1, 0.15) is 29.2 Å². The maximum absolute atomic E-state index is 14.3. The Balaban J connectivity index is 0.00000353. The number of carboxylic acid groups (broad SMARTS) is 1. The van der Waals surface area contributed by atoms with Gasteiger partial charge in [-0.15, -0.1) is 0 Å². The number of hydrogen-bond donors (Lipinski definition) is 1. The Morgan fingerprint density at radius 1 is 1.13 bits per heavy atom. The van der Waals surface area contributed by atoms with Crippen molar-refractivity contribution in [3.8, 4) is 0 Å². The van der Waals surface area contributed by atoms with Crippen LogP contribution in [0.3, 0.4) is 0 Å². The second-order valence-corrected chi connectivity index (χ2v) is 12.6. The van der Waals surface area contributed by atoms with E-state index in [1.807, 2.05) is 6.92 Å². The fraction of sp³-hybridized carbons (Fsp3) is 0.714. The molecule has 9 atom stereocenters. The van der Waals surface area contributed by atoms with Crippen molar-refractivity contribution in [2.45, 2.75) is 96.7 Å². The third-order valence-electron chi connectivity index (χ3n) is 10.6. The molecule has 0 unspecified atom stereocenters. The van der Waals surface area contributed by atoms with E-state index in [4.69, 9.17) is 18.6 Å². The van der Waals surface area contributed by atoms with Crippen molar-refractivity contribution < 1.29 is 77.6 Å². The number of Topliss-reactive ketones (excluding diaryl/α,β-unsaturated/α-hetero) is 1. The first kappa shape index (κ1) is 30.2. The van der Waals surface area contributed by atoms with E-state index in [9.17, 15) is 29.4 Å². The number of aliphatic hydroxyl groups excluding tert-OH is 1. The molecule has 3 heterocycles. The van der Waals surface area contributed by atoms with Crippen LogP contribution in [0.15, 0.2) is 23.0 Å². The van der Waals surface area contributed by atoms with Crippen LogP contribution in [0.25, 0.3) is 0 Å². The molecule has 5 rings (SSSR count). The van der Waals surface area contributed by atoms with E-state index in [1.54, 1.807) is 33.8 Å². The van der Waals surface area contributed by atoms with Gasteiger partial charge < -0.3 is 33.6 Å². The number of ether oxygens (including phenoxy) is 3. The minimum absolute atomic E-state index is 0. The van der Waals surface area contributed by atoms with E-state index < -0.39 is 75.5 Å². The molecule has 2 aliphatic heterocycles. The van der Waals surface area contributed by atoms with Crippen LogP contribution in [-0.4, -0.2) is 52.2 Å². The van der Waals surface area contributed by atoms with Crippen LogP contribution in [-0.2, 0) is 33.4 Å². The zero-order valence-corrected chi connectivity index (χ0v) is 25.6. The number of furan rings is 1. The Morgan fingerprint density at radius 3 is 2.33 bits per heavy atom. The number of aliphatic hydroxyl groups is 1. The van der Waals surface area contributed by atoms with Gasteiger partial charge in [-0.2, -0.15) is 0 Å². The molecule has 2 saturated carbocycles. The number of aliphatic carboxylic acids is 1. The molecular weight excluding hydrogens is 519 g/mol. The van der Waals surface area contributed by atoms with Crippen LogP contribution < -0.4 is 34.7 Å². The average Bonchev–Trinajstić information content (AvgIpc) is 3.38. The molecule has 2 aliphatic carbocycles. The van der Waals surface area contributed by atoms with Crippen molar-refractivity contribution in [1.82, 2.24) is 0 Å². The molecule has 11 heteroatoms. The summed E-state index contributed by atoms with van der Waals surface area (Å²) in [5.74, 6) is -3.89. The number of hydrogen-bond acceptors (Lipinski definition) is 10. The second-order valence-electron chi connectivity index (χ2n) is 12.6. The number of epoxide rings is 1. The number of carbonyl (C=O) groups is 4. The Labute approximate surface area is 249 Å². The molecule has 0 amide bonds. The molecular formula is C28H35NaO10. The molecule has 0 radical (unpaired) electrons. The van der Waals surface area contributed by atoms with Crippen molar-refractivity contribution in [1.29, 1.82) is 0 Å². The number of carboxylic acids is 1. The summed E-state index contributed by atoms with van der Waals surface area (Å²) in [7, 11) is 0. The minimum Gasteiger partial charge on any atom is -0.547 e. The van der Waals surface area contributed by atoms with Gasteiger partial charge in [0.05, 0.1) is 36.4 Å². The van der Waals surface area contributed by atoms with Gasteiger partial charge in [0.2, 0.25) is 0 Å². The summed E-state index contributed by atoms with van der Waals surface area (Å²) >= 11 is 0. The monoisotopic (exact) mass is 554 g/mol. The van der Waals surface area contributed by atoms with Crippen LogP contribution in [0.4, 0.5) is 0 Å². The topological polar surface area (TPSA) is 156 Å². The number of esters is 2. The summed E-state index contributed by atoms with van der Waals surface area (Å²) in [6.45, 7) is 10.1. The van der Waals surface area contributed by atoms with Gasteiger partial charge in [-0.1, -0.05) is 13.8 Å². The first-order chi connectivity index (χ1) is 17.6. The minimum atomic E-state index is -1.61. The first-order valence-electron chi connectivity index (χ1n) is 13.1. The van der Waals surface area contributed by atoms with E-state index in [0.717, 1.165) is 0 Å². The Morgan fingerprint density at radius 2 is 1.79 bits per heavy atom. The summed E-state index contributed by atoms with van der Waals surface area (Å²) < 4.78 is 22.8. The first-order valence-corrected chi connectivity index (χ1v) is 13.1. The molecule has 10 nitrogen and oxygen atoms in total. The number of cyclic esters (lactones) is 1. The van der Waals surface area contributed by atoms with Gasteiger partial charge in [0.25, 0.3) is 0 Å². The third-order valence-corrected chi connectivity index (χ3v) is 10.6. The fourth-order valence-electron chi connectivity index (χ4n) is 8.89. The summed E-state index contributed by atoms with van der Waals surface area (Å²) in [5.41, 5.74) is -5.79. The fourth-order valence-corrected chi connectivity index (χ4v) is 8.89. The number of ketones is 1. The van der Waals surface area contributed by atoms with Crippen molar-refractivity contribution in [3.05, 3.63) is 24.2 Å². The number of carbonyl (C=O) groups excluding carboxylic acids is 4. The van der Waals surface area contributed by atoms with Crippen molar-refractivity contribution in [3.63, 3.8) is 0 Å². The molecule has 0 bridgehead atoms. The predicted molar refractivity (Wildman–Crippen MR) is 127 cm³/mol. The van der Waals surface area contributed by atoms with Crippen molar-refractivity contribution in [2.24, 2.45) is 28.1 Å². The Bertz CT molecular complexity index is 1190. The summed E-state index contributed by atoms with van der Waals surface area (Å²) in [5, 5.41) is 23.9. The zero-order valence-electron chi connectivity index (χ0n) is 23.6. The summed E-state index contributed by atoms with van der Waals surface area (Å²) in [6, 6.07) is 1.60. The molecule has 1 N–H and O–H groups in total. The normalized spacial score (nSPS) is 43.2. The quantitative estimate of drug-likeness (QED) is 0.275. The molecule has 0 aromatic carbocycles.